The van der Waals surface area contributed by atoms with Gasteiger partial charge in [0.05, 0.1) is 0 Å². The lowest BCUT2D eigenvalue weighted by atomic mass is 10.7. The molecule has 3 N–H and O–H groups in total. The van der Waals surface area contributed by atoms with E-state index in [9.17, 15) is 4.79 Å². The van der Waals surface area contributed by atoms with Crippen LogP contribution in [-0.4, -0.2) is 9.70 Å². The number of nitrogens with two attached hydrogens (primary N) is 1. The average Bonchev–Trinajstić information content (AvgIpc) is 1.62. The van der Waals surface area contributed by atoms with Crippen molar-refractivity contribution >= 4 is 40.7 Å². The van der Waals surface area contributed by atoms with Crippen LogP contribution in [0.5, 0.6) is 0 Å². The minimum Gasteiger partial charge on any atom is -0.291 e. The van der Waals surface area contributed by atoms with Crippen LogP contribution in [0.25, 0.3) is 0 Å². The van der Waals surface area contributed by atoms with Crippen LogP contribution in [0, 0.1) is 0 Å². The van der Waals surface area contributed by atoms with Gasteiger partial charge in [-0.1, -0.05) is 34.8 Å². The van der Waals surface area contributed by atoms with Gasteiger partial charge in [-0.3, -0.25) is 10.2 Å². The van der Waals surface area contributed by atoms with Crippen LogP contribution < -0.4 is 11.3 Å². The molecule has 0 unspecified atom stereocenters. The summed E-state index contributed by atoms with van der Waals surface area (Å²) in [6.45, 7) is 0. The number of nitrogens with one attached hydrogen (secondary N) is 1. The van der Waals surface area contributed by atoms with Gasteiger partial charge in [0, 0.05) is 0 Å². The average molecular weight is 177 g/mol. The summed E-state index contributed by atoms with van der Waals surface area (Å²) in [4.78, 5) is 10.2. The lowest BCUT2D eigenvalue weighted by molar-refractivity contribution is -0.120. The van der Waals surface area contributed by atoms with E-state index in [1.165, 1.54) is 0 Å². The molecule has 0 saturated heterocycles. The van der Waals surface area contributed by atoms with Crippen molar-refractivity contribution in [1.29, 1.82) is 0 Å². The Bertz CT molecular complexity index is 97.9. The zero-order valence-corrected chi connectivity index (χ0v) is 5.89. The maximum atomic E-state index is 10.2. The van der Waals surface area contributed by atoms with E-state index in [1.54, 1.807) is 5.43 Å². The van der Waals surface area contributed by atoms with Crippen LogP contribution in [0.2, 0.25) is 0 Å². The number of amides is 1. The number of hydrogen-bond acceptors (Lipinski definition) is 2. The number of alkyl halides is 3. The van der Waals surface area contributed by atoms with E-state index in [4.69, 9.17) is 34.8 Å². The Morgan fingerprint density at radius 1 is 1.50 bits per heavy atom. The first-order valence-corrected chi connectivity index (χ1v) is 2.69. The molecule has 0 aliphatic rings. The van der Waals surface area contributed by atoms with E-state index in [2.05, 4.69) is 5.84 Å². The van der Waals surface area contributed by atoms with Crippen molar-refractivity contribution < 1.29 is 4.79 Å². The first kappa shape index (κ1) is 8.30. The van der Waals surface area contributed by atoms with E-state index < -0.39 is 9.70 Å². The summed E-state index contributed by atoms with van der Waals surface area (Å²) < 4.78 is -1.95. The van der Waals surface area contributed by atoms with Crippen LogP contribution in [-0.2, 0) is 4.79 Å². The molecule has 1 amide bonds. The Balaban J connectivity index is 3.82. The smallest absolute Gasteiger partial charge is 0.285 e. The molecule has 0 aliphatic carbocycles. The van der Waals surface area contributed by atoms with Gasteiger partial charge in [0.15, 0.2) is 0 Å². The minimum absolute atomic E-state index is 0.845. The molecule has 0 radical (unpaired) electrons. The van der Waals surface area contributed by atoms with E-state index >= 15 is 0 Å². The van der Waals surface area contributed by atoms with E-state index in [0.29, 0.717) is 0 Å². The topological polar surface area (TPSA) is 55.1 Å². The molecule has 0 aromatic heterocycles. The number of carbonyl (C=O) groups is 1. The summed E-state index contributed by atoms with van der Waals surface area (Å²) in [5.41, 5.74) is 1.67. The molecule has 8 heavy (non-hydrogen) atoms. The van der Waals surface area contributed by atoms with Crippen LogP contribution in [0.15, 0.2) is 0 Å². The Morgan fingerprint density at radius 3 is 1.88 bits per heavy atom. The van der Waals surface area contributed by atoms with Crippen LogP contribution in [0.1, 0.15) is 0 Å². The largest absolute Gasteiger partial charge is 0.291 e. The first-order valence-electron chi connectivity index (χ1n) is 1.56. The summed E-state index contributed by atoms with van der Waals surface area (Å²) in [6.07, 6.45) is 0. The fourth-order valence-electron chi connectivity index (χ4n) is 0.0818. The van der Waals surface area contributed by atoms with Gasteiger partial charge in [-0.15, -0.1) is 0 Å². The van der Waals surface area contributed by atoms with Gasteiger partial charge in [-0.05, 0) is 0 Å². The predicted octanol–water partition coefficient (Wildman–Crippen LogP) is 0.347. The molecule has 0 rings (SSSR count). The Morgan fingerprint density at radius 2 is 1.88 bits per heavy atom. The van der Waals surface area contributed by atoms with Crippen molar-refractivity contribution in [3.05, 3.63) is 0 Å². The predicted molar refractivity (Wildman–Crippen MR) is 32.6 cm³/mol. The first-order chi connectivity index (χ1) is 3.48. The standard InChI is InChI=1S/C2H3Cl3N2O/c3-2(4,5)1(8)7-6/h6H2,(H,7,8). The fraction of sp³-hybridized carbons (Fsp3) is 0.500. The SMILES string of the molecule is NNC(=O)C(Cl)(Cl)Cl. The number of carbonyl (C=O) groups excluding carboxylic acids is 1. The van der Waals surface area contributed by atoms with Gasteiger partial charge >= 0.3 is 0 Å². The van der Waals surface area contributed by atoms with Gasteiger partial charge in [0.1, 0.15) is 0 Å². The molecule has 0 aliphatic heterocycles. The molecule has 48 valence electrons. The monoisotopic (exact) mass is 176 g/mol. The third kappa shape index (κ3) is 2.57. The molecular weight excluding hydrogens is 174 g/mol. The van der Waals surface area contributed by atoms with Gasteiger partial charge in [0.2, 0.25) is 0 Å². The van der Waals surface area contributed by atoms with Gasteiger partial charge in [0.25, 0.3) is 9.70 Å². The molecule has 0 aromatic carbocycles. The van der Waals surface area contributed by atoms with E-state index in [-0.39, 0.29) is 0 Å². The quantitative estimate of drug-likeness (QED) is 0.243. The van der Waals surface area contributed by atoms with E-state index in [0.717, 1.165) is 0 Å². The fourth-order valence-corrected chi connectivity index (χ4v) is 0.245. The normalized spacial score (nSPS) is 11.0. The summed E-state index contributed by atoms with van der Waals surface area (Å²) in [7, 11) is 0. The van der Waals surface area contributed by atoms with Crippen molar-refractivity contribution in [3.63, 3.8) is 0 Å². The maximum Gasteiger partial charge on any atom is 0.285 e. The second kappa shape index (κ2) is 2.73. The molecule has 0 atom stereocenters. The summed E-state index contributed by atoms with van der Waals surface area (Å²) >= 11 is 15.1. The number of halogens is 3. The molecule has 0 saturated carbocycles. The third-order valence-corrected chi connectivity index (χ3v) is 0.903. The minimum atomic E-state index is -1.95. The number of hydrogen-bond donors (Lipinski definition) is 2. The highest BCUT2D eigenvalue weighted by molar-refractivity contribution is 6.76. The van der Waals surface area contributed by atoms with Crippen LogP contribution >= 0.6 is 34.8 Å². The third-order valence-electron chi connectivity index (χ3n) is 0.389. The summed E-state index contributed by atoms with van der Waals surface area (Å²) in [6, 6.07) is 0. The second-order valence-corrected chi connectivity index (χ2v) is 3.25. The Hall–Kier alpha value is 0.300. The van der Waals surface area contributed by atoms with Crippen LogP contribution in [0.4, 0.5) is 0 Å². The highest BCUT2D eigenvalue weighted by Gasteiger charge is 2.29. The summed E-state index contributed by atoms with van der Waals surface area (Å²) in [5, 5.41) is 0. The Kier molecular flexibility index (Phi) is 2.83. The zero-order chi connectivity index (χ0) is 6.78. The summed E-state index contributed by atoms with van der Waals surface area (Å²) in [5.74, 6) is 3.76. The van der Waals surface area contributed by atoms with Gasteiger partial charge < -0.3 is 0 Å². The second-order valence-electron chi connectivity index (χ2n) is 0.971. The molecule has 0 fully saturated rings. The lowest BCUT2D eigenvalue weighted by Gasteiger charge is -2.05. The van der Waals surface area contributed by atoms with Crippen molar-refractivity contribution in [1.82, 2.24) is 5.43 Å². The lowest BCUT2D eigenvalue weighted by Crippen LogP contribution is -2.39. The molecular formula is C2H3Cl3N2O. The van der Waals surface area contributed by atoms with Crippen LogP contribution in [0.3, 0.4) is 0 Å². The zero-order valence-electron chi connectivity index (χ0n) is 3.62. The molecule has 0 bridgehead atoms. The van der Waals surface area contributed by atoms with Crippen molar-refractivity contribution in [2.45, 2.75) is 3.79 Å². The molecule has 6 heteroatoms. The Labute approximate surface area is 61.0 Å². The molecule has 0 spiro atoms. The van der Waals surface area contributed by atoms with Crippen molar-refractivity contribution in [2.75, 3.05) is 0 Å². The molecule has 0 heterocycles. The molecule has 3 nitrogen and oxygen atoms in total. The number of hydrazine groups is 1. The van der Waals surface area contributed by atoms with Crippen molar-refractivity contribution in [3.8, 4) is 0 Å². The number of rotatable bonds is 0. The maximum absolute atomic E-state index is 10.2. The van der Waals surface area contributed by atoms with Crippen molar-refractivity contribution in [2.24, 2.45) is 5.84 Å². The highest BCUT2D eigenvalue weighted by atomic mass is 35.6. The van der Waals surface area contributed by atoms with Gasteiger partial charge in [-0.2, -0.15) is 0 Å². The highest BCUT2D eigenvalue weighted by Crippen LogP contribution is 2.25. The van der Waals surface area contributed by atoms with E-state index in [1.807, 2.05) is 0 Å². The van der Waals surface area contributed by atoms with Gasteiger partial charge in [-0.25, -0.2) is 5.84 Å². The molecule has 0 aromatic rings.